The van der Waals surface area contributed by atoms with Gasteiger partial charge >= 0.3 is 0 Å². The molecule has 2 heterocycles. The van der Waals surface area contributed by atoms with E-state index in [1.165, 1.54) is 32.4 Å². The van der Waals surface area contributed by atoms with E-state index < -0.39 is 5.60 Å². The van der Waals surface area contributed by atoms with Crippen LogP contribution >= 0.6 is 11.6 Å². The maximum atomic E-state index is 11.2. The molecule has 0 radical (unpaired) electrons. The van der Waals surface area contributed by atoms with E-state index in [0.29, 0.717) is 23.9 Å². The van der Waals surface area contributed by atoms with Crippen molar-refractivity contribution in [3.05, 3.63) is 59.1 Å². The summed E-state index contributed by atoms with van der Waals surface area (Å²) in [4.78, 5) is 4.76. The topological polar surface area (TPSA) is 54.4 Å². The Labute approximate surface area is 208 Å². The van der Waals surface area contributed by atoms with Crippen LogP contribution in [0.3, 0.4) is 0 Å². The Morgan fingerprint density at radius 2 is 1.76 bits per heavy atom. The van der Waals surface area contributed by atoms with E-state index in [1.807, 2.05) is 12.1 Å². The summed E-state index contributed by atoms with van der Waals surface area (Å²) in [5.41, 5.74) is 0.0787. The number of hydrogen-bond acceptors (Lipinski definition) is 6. The fraction of sp³-hybridized carbons (Fsp3) is 0.556. The van der Waals surface area contributed by atoms with E-state index in [1.54, 1.807) is 24.3 Å². The van der Waals surface area contributed by atoms with E-state index in [2.05, 4.69) is 21.9 Å². The van der Waals surface area contributed by atoms with Crippen LogP contribution in [0.4, 0.5) is 0 Å². The maximum Gasteiger partial charge on any atom is 0.134 e. The first kappa shape index (κ1) is 25.3. The van der Waals surface area contributed by atoms with Crippen LogP contribution in [0.5, 0.6) is 11.5 Å². The maximum absolute atomic E-state index is 11.2. The van der Waals surface area contributed by atoms with Crippen molar-refractivity contribution in [1.82, 2.24) is 9.80 Å². The van der Waals surface area contributed by atoms with E-state index in [-0.39, 0.29) is 13.2 Å². The normalized spacial score (nSPS) is 22.3. The molecule has 0 saturated carbocycles. The summed E-state index contributed by atoms with van der Waals surface area (Å²) in [6, 6.07) is 15.4. The van der Waals surface area contributed by atoms with Crippen molar-refractivity contribution in [1.29, 1.82) is 0 Å². The summed E-state index contributed by atoms with van der Waals surface area (Å²) in [5, 5.41) is 11.8. The van der Waals surface area contributed by atoms with Crippen LogP contribution in [0, 0.1) is 0 Å². The number of piperidine rings is 1. The molecule has 1 N–H and O–H groups in total. The Kier molecular flexibility index (Phi) is 9.48. The molecule has 6 nitrogen and oxygen atoms in total. The number of aliphatic hydroxyl groups is 1. The molecule has 0 aromatic heterocycles. The molecule has 2 aromatic carbocycles. The predicted molar refractivity (Wildman–Crippen MR) is 135 cm³/mol. The van der Waals surface area contributed by atoms with Gasteiger partial charge in [0, 0.05) is 31.2 Å². The molecule has 2 aliphatic heterocycles. The molecule has 186 valence electrons. The molecule has 2 aromatic rings. The zero-order valence-electron chi connectivity index (χ0n) is 20.0. The van der Waals surface area contributed by atoms with Gasteiger partial charge in [-0.3, -0.25) is 4.90 Å². The number of β-amino-alcohol motifs (C(OH)–C–C–N with tert-alkyl or cyclic N) is 1. The molecule has 0 spiro atoms. The molecule has 0 amide bonds. The monoisotopic (exact) mass is 488 g/mol. The van der Waals surface area contributed by atoms with Gasteiger partial charge in [-0.2, -0.15) is 0 Å². The molecular formula is C27H37ClN2O4. The number of likely N-dealkylation sites (tertiary alicyclic amines) is 1. The fourth-order valence-electron chi connectivity index (χ4n) is 4.62. The summed E-state index contributed by atoms with van der Waals surface area (Å²) in [7, 11) is 0. The summed E-state index contributed by atoms with van der Waals surface area (Å²) in [6.07, 6.45) is 5.07. The molecule has 2 fully saturated rings. The standard InChI is InChI=1S/C27H37ClN2O4/c28-24-8-10-25(11-9-24)34-22-27(31)20-30(15-17-32-21-27)19-23-6-4-7-26(18-23)33-16-5-14-29-12-2-1-3-13-29/h4,6-11,18,31H,1-3,5,12-17,19-22H2/t27-/m0/s1. The zero-order valence-corrected chi connectivity index (χ0v) is 20.7. The van der Waals surface area contributed by atoms with Gasteiger partial charge in [0.25, 0.3) is 0 Å². The number of nitrogens with zero attached hydrogens (tertiary/aromatic N) is 2. The summed E-state index contributed by atoms with van der Waals surface area (Å²) >= 11 is 5.94. The molecule has 0 bridgehead atoms. The van der Waals surface area contributed by atoms with E-state index in [4.69, 9.17) is 25.8 Å². The zero-order chi connectivity index (χ0) is 23.6. The Balaban J connectivity index is 1.25. The molecule has 0 unspecified atom stereocenters. The molecule has 34 heavy (non-hydrogen) atoms. The van der Waals surface area contributed by atoms with Gasteiger partial charge < -0.3 is 24.2 Å². The Bertz CT molecular complexity index is 875. The van der Waals surface area contributed by atoms with Gasteiger partial charge in [0.05, 0.1) is 19.8 Å². The number of halogens is 1. The van der Waals surface area contributed by atoms with E-state index in [0.717, 1.165) is 44.0 Å². The van der Waals surface area contributed by atoms with Crippen molar-refractivity contribution in [2.24, 2.45) is 0 Å². The minimum Gasteiger partial charge on any atom is -0.494 e. The van der Waals surface area contributed by atoms with Crippen LogP contribution in [-0.4, -0.2) is 79.7 Å². The highest BCUT2D eigenvalue weighted by Gasteiger charge is 2.33. The Morgan fingerprint density at radius 3 is 2.59 bits per heavy atom. The van der Waals surface area contributed by atoms with Crippen molar-refractivity contribution < 1.29 is 19.3 Å². The lowest BCUT2D eigenvalue weighted by Crippen LogP contribution is -2.48. The Morgan fingerprint density at radius 1 is 0.941 bits per heavy atom. The van der Waals surface area contributed by atoms with Gasteiger partial charge in [-0.1, -0.05) is 30.2 Å². The average Bonchev–Trinajstić information content (AvgIpc) is 3.04. The van der Waals surface area contributed by atoms with E-state index in [9.17, 15) is 5.11 Å². The minimum atomic E-state index is -1.08. The van der Waals surface area contributed by atoms with Crippen molar-refractivity contribution in [2.75, 3.05) is 59.2 Å². The summed E-state index contributed by atoms with van der Waals surface area (Å²) in [5.74, 6) is 1.59. The van der Waals surface area contributed by atoms with Gasteiger partial charge in [0.15, 0.2) is 0 Å². The lowest BCUT2D eigenvalue weighted by molar-refractivity contribution is -0.0646. The second-order valence-electron chi connectivity index (χ2n) is 9.48. The van der Waals surface area contributed by atoms with Crippen molar-refractivity contribution in [2.45, 2.75) is 37.8 Å². The first-order chi connectivity index (χ1) is 16.6. The fourth-order valence-corrected chi connectivity index (χ4v) is 4.75. The third kappa shape index (κ3) is 8.14. The van der Waals surface area contributed by atoms with Crippen LogP contribution in [0.1, 0.15) is 31.2 Å². The summed E-state index contributed by atoms with van der Waals surface area (Å²) in [6.45, 7) is 7.24. The third-order valence-corrected chi connectivity index (χ3v) is 6.65. The van der Waals surface area contributed by atoms with Gasteiger partial charge in [-0.05, 0) is 74.3 Å². The van der Waals surface area contributed by atoms with Crippen LogP contribution < -0.4 is 9.47 Å². The second kappa shape index (κ2) is 12.8. The second-order valence-corrected chi connectivity index (χ2v) is 9.92. The van der Waals surface area contributed by atoms with Crippen LogP contribution in [0.15, 0.2) is 48.5 Å². The molecular weight excluding hydrogens is 452 g/mol. The molecule has 1 atom stereocenters. The van der Waals surface area contributed by atoms with E-state index >= 15 is 0 Å². The van der Waals surface area contributed by atoms with Crippen molar-refractivity contribution in [3.8, 4) is 11.5 Å². The molecule has 4 rings (SSSR count). The van der Waals surface area contributed by atoms with Gasteiger partial charge in [0.2, 0.25) is 0 Å². The lowest BCUT2D eigenvalue weighted by atomic mass is 10.1. The van der Waals surface area contributed by atoms with Crippen LogP contribution in [0.2, 0.25) is 5.02 Å². The first-order valence-corrected chi connectivity index (χ1v) is 12.8. The number of hydrogen-bond donors (Lipinski definition) is 1. The quantitative estimate of drug-likeness (QED) is 0.505. The highest BCUT2D eigenvalue weighted by Crippen LogP contribution is 2.21. The smallest absolute Gasteiger partial charge is 0.134 e. The molecule has 7 heteroatoms. The van der Waals surface area contributed by atoms with Gasteiger partial charge in [0.1, 0.15) is 23.7 Å². The molecule has 2 aliphatic rings. The SMILES string of the molecule is O[C@]1(COc2ccc(Cl)cc2)COCCN(Cc2cccc(OCCCN3CCCCC3)c2)C1. The Hall–Kier alpha value is -1.83. The van der Waals surface area contributed by atoms with Gasteiger partial charge in [-0.25, -0.2) is 0 Å². The lowest BCUT2D eigenvalue weighted by Gasteiger charge is -2.30. The van der Waals surface area contributed by atoms with Crippen LogP contribution in [0.25, 0.3) is 0 Å². The number of ether oxygens (including phenoxy) is 3. The number of benzene rings is 2. The third-order valence-electron chi connectivity index (χ3n) is 6.40. The molecule has 0 aliphatic carbocycles. The highest BCUT2D eigenvalue weighted by atomic mass is 35.5. The molecule has 2 saturated heterocycles. The first-order valence-electron chi connectivity index (χ1n) is 12.4. The summed E-state index contributed by atoms with van der Waals surface area (Å²) < 4.78 is 17.6. The number of rotatable bonds is 10. The minimum absolute atomic E-state index is 0.158. The average molecular weight is 489 g/mol. The largest absolute Gasteiger partial charge is 0.494 e. The van der Waals surface area contributed by atoms with Crippen molar-refractivity contribution >= 4 is 11.6 Å². The highest BCUT2D eigenvalue weighted by molar-refractivity contribution is 6.30. The van der Waals surface area contributed by atoms with Gasteiger partial charge in [-0.15, -0.1) is 0 Å². The predicted octanol–water partition coefficient (Wildman–Crippen LogP) is 4.24. The van der Waals surface area contributed by atoms with Crippen LogP contribution in [-0.2, 0) is 11.3 Å². The van der Waals surface area contributed by atoms with Crippen molar-refractivity contribution in [3.63, 3.8) is 0 Å².